The average molecular weight is 423 g/mol. The van der Waals surface area contributed by atoms with Crippen LogP contribution in [0.5, 0.6) is 0 Å². The molecular weight excluding hydrogens is 412 g/mol. The Balaban J connectivity index is 0.000000271. The van der Waals surface area contributed by atoms with Crippen LogP contribution < -0.4 is 11.1 Å². The molecule has 0 heterocycles. The van der Waals surface area contributed by atoms with Gasteiger partial charge >= 0.3 is 12.4 Å². The van der Waals surface area contributed by atoms with Gasteiger partial charge in [-0.25, -0.2) is 0 Å². The number of alkyl halides is 6. The predicted octanol–water partition coefficient (Wildman–Crippen LogP) is 5.80. The Kier molecular flexibility index (Phi) is 7.89. The van der Waals surface area contributed by atoms with Gasteiger partial charge in [0.1, 0.15) is 0 Å². The molecule has 0 saturated heterocycles. The van der Waals surface area contributed by atoms with Gasteiger partial charge in [0, 0.05) is 5.69 Å². The molecule has 11 heteroatoms. The van der Waals surface area contributed by atoms with Crippen molar-refractivity contribution in [2.24, 2.45) is 10.7 Å². The molecule has 2 aromatic rings. The molecule has 0 fully saturated rings. The smallest absolute Gasteiger partial charge is 0.376 e. The third kappa shape index (κ3) is 8.16. The van der Waals surface area contributed by atoms with E-state index in [9.17, 15) is 26.3 Å². The number of aliphatic imine (C=N–C) groups is 1. The van der Waals surface area contributed by atoms with Crippen LogP contribution in [-0.2, 0) is 12.4 Å². The van der Waals surface area contributed by atoms with Crippen molar-refractivity contribution in [3.8, 4) is 0 Å². The quantitative estimate of drug-likeness (QED) is 0.364. The number of nitrogens with zero attached hydrogens (tertiary/aromatic N) is 1. The third-order valence-corrected chi connectivity index (χ3v) is 3.00. The van der Waals surface area contributed by atoms with Crippen LogP contribution >= 0.6 is 24.4 Å². The second-order valence-corrected chi connectivity index (χ2v) is 5.44. The fourth-order valence-corrected chi connectivity index (χ4v) is 1.94. The number of thiocarbonyl (C=S) groups is 2. The minimum Gasteiger partial charge on any atom is -0.376 e. The Bertz CT molecular complexity index is 843. The normalized spacial score (nSPS) is 10.9. The summed E-state index contributed by atoms with van der Waals surface area (Å²) >= 11 is 8.77. The molecule has 0 unspecified atom stereocenters. The Morgan fingerprint density at radius 2 is 1.44 bits per heavy atom. The van der Waals surface area contributed by atoms with E-state index in [1.54, 1.807) is 0 Å². The standard InChI is InChI=1S/C8H7F3N2S.C8H4F3NS/c9-8(10,11)5-2-1-3-6(4-5)13-7(12)14;9-8(10,11)6-2-1-3-7(4-6)12-5-13/h1-4H,(H3,12,13,14);1-4H. The lowest BCUT2D eigenvalue weighted by molar-refractivity contribution is -0.138. The molecule has 144 valence electrons. The van der Waals surface area contributed by atoms with E-state index in [-0.39, 0.29) is 16.5 Å². The van der Waals surface area contributed by atoms with E-state index in [1.807, 2.05) is 5.16 Å². The molecule has 0 aliphatic heterocycles. The molecule has 3 nitrogen and oxygen atoms in total. The van der Waals surface area contributed by atoms with E-state index >= 15 is 0 Å². The zero-order valence-electron chi connectivity index (χ0n) is 13.2. The Morgan fingerprint density at radius 1 is 0.926 bits per heavy atom. The molecule has 0 radical (unpaired) electrons. The van der Waals surface area contributed by atoms with Gasteiger partial charge in [-0.1, -0.05) is 12.1 Å². The van der Waals surface area contributed by atoms with E-state index < -0.39 is 23.5 Å². The number of nitrogens with two attached hydrogens (primary N) is 1. The first kappa shape index (κ1) is 22.6. The lowest BCUT2D eigenvalue weighted by Crippen LogP contribution is -2.19. The van der Waals surface area contributed by atoms with Gasteiger partial charge in [0.05, 0.1) is 22.0 Å². The van der Waals surface area contributed by atoms with Crippen LogP contribution in [0.2, 0.25) is 0 Å². The van der Waals surface area contributed by atoms with Crippen molar-refractivity contribution in [1.29, 1.82) is 0 Å². The first-order chi connectivity index (χ1) is 12.4. The minimum atomic E-state index is -4.35. The Morgan fingerprint density at radius 3 is 1.93 bits per heavy atom. The molecule has 0 saturated carbocycles. The first-order valence-electron chi connectivity index (χ1n) is 6.92. The summed E-state index contributed by atoms with van der Waals surface area (Å²) in [5, 5.41) is 4.36. The molecule has 2 aromatic carbocycles. The van der Waals surface area contributed by atoms with Gasteiger partial charge in [-0.3, -0.25) is 0 Å². The molecule has 27 heavy (non-hydrogen) atoms. The highest BCUT2D eigenvalue weighted by atomic mass is 32.1. The number of hydrogen-bond acceptors (Lipinski definition) is 3. The predicted molar refractivity (Wildman–Crippen MR) is 98.0 cm³/mol. The fourth-order valence-electron chi connectivity index (χ4n) is 1.72. The van der Waals surface area contributed by atoms with E-state index in [0.29, 0.717) is 0 Å². The van der Waals surface area contributed by atoms with Crippen LogP contribution in [0.1, 0.15) is 11.1 Å². The molecule has 0 aliphatic rings. The molecule has 3 N–H and O–H groups in total. The lowest BCUT2D eigenvalue weighted by atomic mass is 10.2. The van der Waals surface area contributed by atoms with Gasteiger partial charge in [0.25, 0.3) is 0 Å². The molecule has 0 amide bonds. The highest BCUT2D eigenvalue weighted by Gasteiger charge is 2.31. The zero-order valence-corrected chi connectivity index (χ0v) is 14.9. The van der Waals surface area contributed by atoms with Gasteiger partial charge < -0.3 is 11.1 Å². The molecule has 2 rings (SSSR count). The number of halogens is 6. The highest BCUT2D eigenvalue weighted by Crippen LogP contribution is 2.31. The van der Waals surface area contributed by atoms with Gasteiger partial charge in [0.2, 0.25) is 0 Å². The van der Waals surface area contributed by atoms with E-state index in [4.69, 9.17) is 5.73 Å². The van der Waals surface area contributed by atoms with Crippen molar-refractivity contribution in [2.75, 3.05) is 5.32 Å². The Labute approximate surface area is 160 Å². The van der Waals surface area contributed by atoms with Crippen molar-refractivity contribution < 1.29 is 26.3 Å². The van der Waals surface area contributed by atoms with Gasteiger partial charge in [0.15, 0.2) is 5.11 Å². The maximum absolute atomic E-state index is 12.2. The van der Waals surface area contributed by atoms with Gasteiger partial charge in [-0.15, -0.1) is 0 Å². The van der Waals surface area contributed by atoms with Crippen LogP contribution in [0.3, 0.4) is 0 Å². The monoisotopic (exact) mass is 423 g/mol. The lowest BCUT2D eigenvalue weighted by Gasteiger charge is -2.09. The molecule has 0 atom stereocenters. The van der Waals surface area contributed by atoms with Crippen LogP contribution in [0, 0.1) is 0 Å². The molecular formula is C16H11F6N3S2. The summed E-state index contributed by atoms with van der Waals surface area (Å²) in [6.45, 7) is 0. The van der Waals surface area contributed by atoms with Crippen molar-refractivity contribution in [3.05, 3.63) is 59.7 Å². The van der Waals surface area contributed by atoms with E-state index in [0.717, 1.165) is 24.3 Å². The number of hydrogen-bond donors (Lipinski definition) is 2. The minimum absolute atomic E-state index is 0.0654. The third-order valence-electron chi connectivity index (χ3n) is 2.81. The maximum atomic E-state index is 12.2. The van der Waals surface area contributed by atoms with Crippen LogP contribution in [-0.4, -0.2) is 10.3 Å². The SMILES string of the molecule is FC(F)(F)c1cccc(N=C=S)c1.NC(=S)Nc1cccc(C(F)(F)F)c1. The number of nitrogens with one attached hydrogen (secondary N) is 1. The van der Waals surface area contributed by atoms with Crippen molar-refractivity contribution in [2.45, 2.75) is 12.4 Å². The summed E-state index contributed by atoms with van der Waals surface area (Å²) in [6, 6.07) is 9.24. The Hall–Kier alpha value is -2.49. The summed E-state index contributed by atoms with van der Waals surface area (Å²) < 4.78 is 73.0. The average Bonchev–Trinajstić information content (AvgIpc) is 2.54. The van der Waals surface area contributed by atoms with E-state index in [1.165, 1.54) is 24.3 Å². The summed E-state index contributed by atoms with van der Waals surface area (Å²) in [5.41, 5.74) is 4.03. The molecule has 0 aromatic heterocycles. The van der Waals surface area contributed by atoms with E-state index in [2.05, 4.69) is 34.7 Å². The topological polar surface area (TPSA) is 50.4 Å². The molecule has 0 aliphatic carbocycles. The van der Waals surface area contributed by atoms with Crippen LogP contribution in [0.15, 0.2) is 53.5 Å². The number of benzene rings is 2. The van der Waals surface area contributed by atoms with Crippen molar-refractivity contribution in [3.63, 3.8) is 0 Å². The summed E-state index contributed by atoms with van der Waals surface area (Å²) in [5.74, 6) is 0. The number of isothiocyanates is 1. The van der Waals surface area contributed by atoms with Gasteiger partial charge in [-0.2, -0.15) is 31.3 Å². The number of anilines is 1. The van der Waals surface area contributed by atoms with Gasteiger partial charge in [-0.05, 0) is 60.8 Å². The molecule has 0 bridgehead atoms. The zero-order chi connectivity index (χ0) is 20.7. The second-order valence-electron chi connectivity index (χ2n) is 4.82. The first-order valence-corrected chi connectivity index (χ1v) is 7.74. The summed E-state index contributed by atoms with van der Waals surface area (Å²) in [4.78, 5) is 3.45. The summed E-state index contributed by atoms with van der Waals surface area (Å²) in [7, 11) is 0. The van der Waals surface area contributed by atoms with Crippen LogP contribution in [0.4, 0.5) is 37.7 Å². The highest BCUT2D eigenvalue weighted by molar-refractivity contribution is 7.80. The largest absolute Gasteiger partial charge is 0.416 e. The van der Waals surface area contributed by atoms with Crippen LogP contribution in [0.25, 0.3) is 0 Å². The van der Waals surface area contributed by atoms with Crippen molar-refractivity contribution in [1.82, 2.24) is 0 Å². The number of rotatable bonds is 2. The molecule has 0 spiro atoms. The van der Waals surface area contributed by atoms with Crippen molar-refractivity contribution >= 4 is 46.1 Å². The fraction of sp³-hybridized carbons (Fsp3) is 0.125. The summed E-state index contributed by atoms with van der Waals surface area (Å²) in [6.07, 6.45) is -8.69. The maximum Gasteiger partial charge on any atom is 0.416 e. The second kappa shape index (κ2) is 9.45.